The van der Waals surface area contributed by atoms with Gasteiger partial charge < -0.3 is 16.0 Å². The zero-order valence-electron chi connectivity index (χ0n) is 10.3. The summed E-state index contributed by atoms with van der Waals surface area (Å²) < 4.78 is 0. The number of hydrogen-bond donors (Lipinski definition) is 2. The average molecular weight is 257 g/mol. The number of nitrogens with two attached hydrogens (primary N) is 1. The Labute approximate surface area is 107 Å². The molecule has 1 aliphatic rings. The molecule has 1 aliphatic carbocycles. The van der Waals surface area contributed by atoms with Crippen molar-refractivity contribution in [1.29, 1.82) is 0 Å². The monoisotopic (exact) mass is 257 g/mol. The molecule has 6 heteroatoms. The van der Waals surface area contributed by atoms with E-state index in [2.05, 4.69) is 5.32 Å². The van der Waals surface area contributed by atoms with Crippen molar-refractivity contribution in [3.05, 3.63) is 0 Å². The molecule has 0 aliphatic heterocycles. The third kappa shape index (κ3) is 2.94. The van der Waals surface area contributed by atoms with E-state index in [1.807, 2.05) is 13.8 Å². The first-order chi connectivity index (χ1) is 7.97. The van der Waals surface area contributed by atoms with Crippen molar-refractivity contribution in [1.82, 2.24) is 10.2 Å². The summed E-state index contributed by atoms with van der Waals surface area (Å²) >= 11 is 4.93. The Morgan fingerprint density at radius 1 is 1.41 bits per heavy atom. The van der Waals surface area contributed by atoms with Crippen LogP contribution in [0.1, 0.15) is 26.7 Å². The van der Waals surface area contributed by atoms with Gasteiger partial charge in [0.25, 0.3) is 0 Å². The van der Waals surface area contributed by atoms with Gasteiger partial charge in [-0.05, 0) is 26.7 Å². The Morgan fingerprint density at radius 2 is 2.00 bits per heavy atom. The number of hydrogen-bond acceptors (Lipinski definition) is 3. The molecule has 0 aromatic carbocycles. The van der Waals surface area contributed by atoms with Crippen LogP contribution in [0.15, 0.2) is 0 Å². The molecule has 0 aromatic heterocycles. The first-order valence-corrected chi connectivity index (χ1v) is 6.24. The number of nitrogens with zero attached hydrogens (tertiary/aromatic N) is 1. The molecule has 1 rings (SSSR count). The van der Waals surface area contributed by atoms with Crippen LogP contribution in [-0.2, 0) is 9.59 Å². The zero-order chi connectivity index (χ0) is 13.1. The highest BCUT2D eigenvalue weighted by Gasteiger charge is 2.54. The van der Waals surface area contributed by atoms with Crippen LogP contribution >= 0.6 is 12.2 Å². The van der Waals surface area contributed by atoms with Crippen LogP contribution in [-0.4, -0.2) is 41.3 Å². The van der Waals surface area contributed by atoms with E-state index >= 15 is 0 Å². The number of carbonyl (C=O) groups is 2. The van der Waals surface area contributed by atoms with Crippen molar-refractivity contribution >= 4 is 29.0 Å². The normalized spacial score (nSPS) is 16.1. The summed E-state index contributed by atoms with van der Waals surface area (Å²) in [4.78, 5) is 25.4. The van der Waals surface area contributed by atoms with Crippen LogP contribution in [0.3, 0.4) is 0 Å². The maximum absolute atomic E-state index is 12.2. The van der Waals surface area contributed by atoms with Gasteiger partial charge in [0.1, 0.15) is 0 Å². The lowest BCUT2D eigenvalue weighted by Gasteiger charge is -2.25. The van der Waals surface area contributed by atoms with E-state index in [1.54, 1.807) is 0 Å². The van der Waals surface area contributed by atoms with E-state index in [-0.39, 0.29) is 23.3 Å². The standard InChI is InChI=1S/C11H19N3O2S/c1-3-13-8(15)7-14(4-2)10(16)11(5-6-11)9(12)17/h3-7H2,1-2H3,(H2,12,17)(H,13,15). The third-order valence-corrected chi connectivity index (χ3v) is 3.40. The van der Waals surface area contributed by atoms with Gasteiger partial charge in [-0.1, -0.05) is 12.2 Å². The van der Waals surface area contributed by atoms with E-state index in [0.29, 0.717) is 25.9 Å². The van der Waals surface area contributed by atoms with Crippen molar-refractivity contribution in [3.63, 3.8) is 0 Å². The molecule has 17 heavy (non-hydrogen) atoms. The van der Waals surface area contributed by atoms with Gasteiger partial charge in [0, 0.05) is 13.1 Å². The van der Waals surface area contributed by atoms with E-state index in [4.69, 9.17) is 18.0 Å². The predicted octanol–water partition coefficient (Wildman–Crippen LogP) is 0.0373. The molecule has 0 saturated heterocycles. The molecule has 0 heterocycles. The van der Waals surface area contributed by atoms with Gasteiger partial charge in [-0.15, -0.1) is 0 Å². The van der Waals surface area contributed by atoms with Gasteiger partial charge in [-0.2, -0.15) is 0 Å². The van der Waals surface area contributed by atoms with E-state index in [9.17, 15) is 9.59 Å². The van der Waals surface area contributed by atoms with E-state index in [0.717, 1.165) is 0 Å². The molecule has 0 bridgehead atoms. The minimum atomic E-state index is -0.669. The lowest BCUT2D eigenvalue weighted by atomic mass is 10.1. The van der Waals surface area contributed by atoms with Crippen molar-refractivity contribution in [2.24, 2.45) is 11.1 Å². The zero-order valence-corrected chi connectivity index (χ0v) is 11.1. The number of amides is 2. The summed E-state index contributed by atoms with van der Waals surface area (Å²) in [5, 5.41) is 2.67. The highest BCUT2D eigenvalue weighted by atomic mass is 32.1. The molecular formula is C11H19N3O2S. The summed E-state index contributed by atoms with van der Waals surface area (Å²) in [6.07, 6.45) is 1.40. The van der Waals surface area contributed by atoms with Crippen molar-refractivity contribution in [2.75, 3.05) is 19.6 Å². The molecule has 0 atom stereocenters. The molecule has 1 saturated carbocycles. The fourth-order valence-electron chi connectivity index (χ4n) is 1.75. The summed E-state index contributed by atoms with van der Waals surface area (Å²) in [6, 6.07) is 0. The van der Waals surface area contributed by atoms with Crippen LogP contribution in [0.2, 0.25) is 0 Å². The number of nitrogens with one attached hydrogen (secondary N) is 1. The van der Waals surface area contributed by atoms with Crippen molar-refractivity contribution < 1.29 is 9.59 Å². The molecule has 0 radical (unpaired) electrons. The summed E-state index contributed by atoms with van der Waals surface area (Å²) in [6.45, 7) is 4.80. The quantitative estimate of drug-likeness (QED) is 0.659. The molecule has 3 N–H and O–H groups in total. The van der Waals surface area contributed by atoms with Crippen LogP contribution in [0.25, 0.3) is 0 Å². The molecule has 0 aromatic rings. The highest BCUT2D eigenvalue weighted by Crippen LogP contribution is 2.47. The van der Waals surface area contributed by atoms with Crippen molar-refractivity contribution in [2.45, 2.75) is 26.7 Å². The Hall–Kier alpha value is -1.17. The predicted molar refractivity (Wildman–Crippen MR) is 69.4 cm³/mol. The number of rotatable bonds is 6. The molecule has 1 fully saturated rings. The van der Waals surface area contributed by atoms with Crippen molar-refractivity contribution in [3.8, 4) is 0 Å². The Bertz CT molecular complexity index is 340. The number of likely N-dealkylation sites (N-methyl/N-ethyl adjacent to an activating group) is 2. The minimum Gasteiger partial charge on any atom is -0.392 e. The van der Waals surface area contributed by atoms with Crippen LogP contribution < -0.4 is 11.1 Å². The van der Waals surface area contributed by atoms with Crippen LogP contribution in [0.5, 0.6) is 0 Å². The van der Waals surface area contributed by atoms with Gasteiger partial charge >= 0.3 is 0 Å². The molecule has 0 spiro atoms. The third-order valence-electron chi connectivity index (χ3n) is 3.01. The lowest BCUT2D eigenvalue weighted by Crippen LogP contribution is -2.46. The lowest BCUT2D eigenvalue weighted by molar-refractivity contribution is -0.138. The summed E-state index contributed by atoms with van der Waals surface area (Å²) in [5.74, 6) is -0.264. The fourth-order valence-corrected chi connectivity index (χ4v) is 2.04. The second-order valence-electron chi connectivity index (χ2n) is 4.22. The average Bonchev–Trinajstić information content (AvgIpc) is 3.06. The Kier molecular flexibility index (Phi) is 4.45. The minimum absolute atomic E-state index is 0.0769. The van der Waals surface area contributed by atoms with Crippen LogP contribution in [0.4, 0.5) is 0 Å². The van der Waals surface area contributed by atoms with E-state index in [1.165, 1.54) is 4.90 Å². The topological polar surface area (TPSA) is 75.4 Å². The van der Waals surface area contributed by atoms with Gasteiger partial charge in [-0.3, -0.25) is 9.59 Å². The molecular weight excluding hydrogens is 238 g/mol. The number of carbonyl (C=O) groups excluding carboxylic acids is 2. The Balaban J connectivity index is 2.65. The molecule has 2 amide bonds. The SMILES string of the molecule is CCNC(=O)CN(CC)C(=O)C1(C(N)=S)CC1. The maximum Gasteiger partial charge on any atom is 0.239 e. The van der Waals surface area contributed by atoms with Gasteiger partial charge in [0.2, 0.25) is 11.8 Å². The second kappa shape index (κ2) is 5.44. The fraction of sp³-hybridized carbons (Fsp3) is 0.727. The highest BCUT2D eigenvalue weighted by molar-refractivity contribution is 7.80. The first-order valence-electron chi connectivity index (χ1n) is 5.84. The van der Waals surface area contributed by atoms with E-state index < -0.39 is 5.41 Å². The molecule has 96 valence electrons. The molecule has 0 unspecified atom stereocenters. The summed E-state index contributed by atoms with van der Waals surface area (Å²) in [5.41, 5.74) is 4.93. The van der Waals surface area contributed by atoms with Gasteiger partial charge in [0.15, 0.2) is 0 Å². The Morgan fingerprint density at radius 3 is 2.35 bits per heavy atom. The largest absolute Gasteiger partial charge is 0.392 e. The maximum atomic E-state index is 12.2. The first kappa shape index (κ1) is 13.9. The second-order valence-corrected chi connectivity index (χ2v) is 4.66. The summed E-state index contributed by atoms with van der Waals surface area (Å²) in [7, 11) is 0. The smallest absolute Gasteiger partial charge is 0.239 e. The van der Waals surface area contributed by atoms with Gasteiger partial charge in [-0.25, -0.2) is 0 Å². The van der Waals surface area contributed by atoms with Gasteiger partial charge in [0.05, 0.1) is 16.9 Å². The van der Waals surface area contributed by atoms with Crippen LogP contribution in [0, 0.1) is 5.41 Å². The number of thiocarbonyl (C=S) groups is 1. The molecule has 5 nitrogen and oxygen atoms in total.